The Labute approximate surface area is 128 Å². The highest BCUT2D eigenvalue weighted by Gasteiger charge is 2.19. The van der Waals surface area contributed by atoms with Crippen LogP contribution in [0.5, 0.6) is 0 Å². The first kappa shape index (κ1) is 15.8. The predicted octanol–water partition coefficient (Wildman–Crippen LogP) is 3.47. The van der Waals surface area contributed by atoms with Gasteiger partial charge in [0, 0.05) is 16.6 Å². The highest BCUT2D eigenvalue weighted by molar-refractivity contribution is 7.99. The standard InChI is InChI=1S/C14H11FN2O4S/c1-7-4-9(15)6-12(13(7)16)22-11-3-2-8(14(18)19)5-10(11)17(20)21/h2-6H,16H2,1H3,(H,18,19). The monoisotopic (exact) mass is 322 g/mol. The number of nitrogen functional groups attached to an aromatic ring is 1. The van der Waals surface area contributed by atoms with E-state index < -0.39 is 16.7 Å². The molecule has 0 saturated carbocycles. The van der Waals surface area contributed by atoms with Crippen LogP contribution in [0.4, 0.5) is 15.8 Å². The van der Waals surface area contributed by atoms with E-state index >= 15 is 0 Å². The van der Waals surface area contributed by atoms with Gasteiger partial charge in [0.1, 0.15) is 5.82 Å². The molecule has 0 unspecified atom stereocenters. The molecular formula is C14H11FN2O4S. The minimum atomic E-state index is -1.26. The number of nitrogens with two attached hydrogens (primary N) is 1. The van der Waals surface area contributed by atoms with E-state index in [1.807, 2.05) is 0 Å². The van der Waals surface area contributed by atoms with Crippen molar-refractivity contribution in [3.8, 4) is 0 Å². The largest absolute Gasteiger partial charge is 0.478 e. The molecule has 0 atom stereocenters. The fourth-order valence-electron chi connectivity index (χ4n) is 1.81. The van der Waals surface area contributed by atoms with Crippen molar-refractivity contribution in [3.63, 3.8) is 0 Å². The number of halogens is 1. The van der Waals surface area contributed by atoms with E-state index in [0.717, 1.165) is 17.8 Å². The summed E-state index contributed by atoms with van der Waals surface area (Å²) < 4.78 is 13.5. The van der Waals surface area contributed by atoms with Gasteiger partial charge in [0.25, 0.3) is 5.69 Å². The lowest BCUT2D eigenvalue weighted by Gasteiger charge is -2.09. The highest BCUT2D eigenvalue weighted by atomic mass is 32.2. The molecule has 22 heavy (non-hydrogen) atoms. The summed E-state index contributed by atoms with van der Waals surface area (Å²) in [5.41, 5.74) is 6.13. The van der Waals surface area contributed by atoms with Gasteiger partial charge in [0.2, 0.25) is 0 Å². The molecule has 0 spiro atoms. The number of aromatic carboxylic acids is 1. The summed E-state index contributed by atoms with van der Waals surface area (Å²) in [7, 11) is 0. The highest BCUT2D eigenvalue weighted by Crippen LogP contribution is 2.39. The number of rotatable bonds is 4. The first-order valence-electron chi connectivity index (χ1n) is 6.05. The molecule has 0 aliphatic rings. The van der Waals surface area contributed by atoms with E-state index in [1.165, 1.54) is 24.3 Å². The first-order valence-corrected chi connectivity index (χ1v) is 6.86. The fourth-order valence-corrected chi connectivity index (χ4v) is 2.86. The molecule has 2 aromatic carbocycles. The van der Waals surface area contributed by atoms with Crippen LogP contribution in [0, 0.1) is 22.9 Å². The number of nitro groups is 1. The van der Waals surface area contributed by atoms with Crippen LogP contribution in [0.15, 0.2) is 40.1 Å². The first-order chi connectivity index (χ1) is 10.3. The van der Waals surface area contributed by atoms with Crippen LogP contribution in [-0.2, 0) is 0 Å². The lowest BCUT2D eigenvalue weighted by Crippen LogP contribution is -2.00. The quantitative estimate of drug-likeness (QED) is 0.507. The summed E-state index contributed by atoms with van der Waals surface area (Å²) in [4.78, 5) is 21.8. The van der Waals surface area contributed by atoms with Crippen molar-refractivity contribution < 1.29 is 19.2 Å². The Balaban J connectivity index is 2.50. The molecule has 6 nitrogen and oxygen atoms in total. The van der Waals surface area contributed by atoms with Crippen LogP contribution >= 0.6 is 11.8 Å². The van der Waals surface area contributed by atoms with Crippen molar-refractivity contribution in [1.29, 1.82) is 0 Å². The maximum atomic E-state index is 13.5. The van der Waals surface area contributed by atoms with Gasteiger partial charge in [-0.2, -0.15) is 0 Å². The third-order valence-electron chi connectivity index (χ3n) is 2.94. The zero-order valence-corrected chi connectivity index (χ0v) is 12.2. The fraction of sp³-hybridized carbons (Fsp3) is 0.0714. The average Bonchev–Trinajstić information content (AvgIpc) is 2.44. The number of carbonyl (C=O) groups is 1. The van der Waals surface area contributed by atoms with Crippen LogP contribution in [0.3, 0.4) is 0 Å². The topological polar surface area (TPSA) is 106 Å². The van der Waals surface area contributed by atoms with Crippen molar-refractivity contribution in [1.82, 2.24) is 0 Å². The second-order valence-electron chi connectivity index (χ2n) is 4.48. The molecule has 0 fully saturated rings. The minimum Gasteiger partial charge on any atom is -0.478 e. The molecule has 0 amide bonds. The van der Waals surface area contributed by atoms with Crippen molar-refractivity contribution in [2.24, 2.45) is 0 Å². The maximum absolute atomic E-state index is 13.5. The molecule has 0 saturated heterocycles. The Morgan fingerprint density at radius 1 is 1.32 bits per heavy atom. The maximum Gasteiger partial charge on any atom is 0.335 e. The van der Waals surface area contributed by atoms with Crippen LogP contribution in [0.2, 0.25) is 0 Å². The number of anilines is 1. The van der Waals surface area contributed by atoms with Gasteiger partial charge in [-0.1, -0.05) is 11.8 Å². The van der Waals surface area contributed by atoms with Crippen molar-refractivity contribution >= 4 is 29.1 Å². The Bertz CT molecular complexity index is 780. The predicted molar refractivity (Wildman–Crippen MR) is 79.7 cm³/mol. The molecule has 0 bridgehead atoms. The van der Waals surface area contributed by atoms with Crippen LogP contribution in [-0.4, -0.2) is 16.0 Å². The van der Waals surface area contributed by atoms with Crippen molar-refractivity contribution in [3.05, 3.63) is 57.4 Å². The van der Waals surface area contributed by atoms with E-state index in [1.54, 1.807) is 6.92 Å². The second-order valence-corrected chi connectivity index (χ2v) is 5.57. The van der Waals surface area contributed by atoms with Crippen molar-refractivity contribution in [2.75, 3.05) is 5.73 Å². The summed E-state index contributed by atoms with van der Waals surface area (Å²) >= 11 is 0.918. The number of carboxylic acids is 1. The summed E-state index contributed by atoms with van der Waals surface area (Å²) in [6.45, 7) is 1.63. The summed E-state index contributed by atoms with van der Waals surface area (Å²) in [5.74, 6) is -1.76. The Morgan fingerprint density at radius 2 is 2.00 bits per heavy atom. The molecule has 2 aromatic rings. The van der Waals surface area contributed by atoms with Crippen LogP contribution < -0.4 is 5.73 Å². The second kappa shape index (κ2) is 6.02. The number of hydrogen-bond donors (Lipinski definition) is 2. The molecule has 0 aliphatic carbocycles. The summed E-state index contributed by atoms with van der Waals surface area (Å²) in [5, 5.41) is 20.0. The summed E-state index contributed by atoms with van der Waals surface area (Å²) in [6.07, 6.45) is 0. The lowest BCUT2D eigenvalue weighted by molar-refractivity contribution is -0.387. The van der Waals surface area contributed by atoms with E-state index in [2.05, 4.69) is 0 Å². The van der Waals surface area contributed by atoms with Crippen molar-refractivity contribution in [2.45, 2.75) is 16.7 Å². The molecule has 0 radical (unpaired) electrons. The molecule has 8 heteroatoms. The number of aryl methyl sites for hydroxylation is 1. The van der Waals surface area contributed by atoms with Gasteiger partial charge in [-0.25, -0.2) is 9.18 Å². The molecule has 0 aromatic heterocycles. The summed E-state index contributed by atoms with van der Waals surface area (Å²) in [6, 6.07) is 5.97. The van der Waals surface area contributed by atoms with Gasteiger partial charge in [0.15, 0.2) is 0 Å². The van der Waals surface area contributed by atoms with Gasteiger partial charge in [0.05, 0.1) is 15.4 Å². The molecule has 114 valence electrons. The van der Waals surface area contributed by atoms with E-state index in [0.29, 0.717) is 16.1 Å². The number of benzene rings is 2. The van der Waals surface area contributed by atoms with Crippen LogP contribution in [0.1, 0.15) is 15.9 Å². The minimum absolute atomic E-state index is 0.187. The smallest absolute Gasteiger partial charge is 0.335 e. The number of nitrogens with zero attached hydrogens (tertiary/aromatic N) is 1. The van der Waals surface area contributed by atoms with Gasteiger partial charge < -0.3 is 10.8 Å². The average molecular weight is 322 g/mol. The van der Waals surface area contributed by atoms with Gasteiger partial charge in [-0.15, -0.1) is 0 Å². The molecular weight excluding hydrogens is 311 g/mol. The number of carboxylic acid groups (broad SMARTS) is 1. The Kier molecular flexibility index (Phi) is 4.32. The number of hydrogen-bond acceptors (Lipinski definition) is 5. The molecule has 2 rings (SSSR count). The van der Waals surface area contributed by atoms with Gasteiger partial charge in [-0.3, -0.25) is 10.1 Å². The number of nitro benzene ring substituents is 1. The lowest BCUT2D eigenvalue weighted by atomic mass is 10.2. The van der Waals surface area contributed by atoms with E-state index in [9.17, 15) is 19.3 Å². The molecule has 0 aliphatic heterocycles. The van der Waals surface area contributed by atoms with E-state index in [-0.39, 0.29) is 16.1 Å². The zero-order chi connectivity index (χ0) is 16.4. The zero-order valence-electron chi connectivity index (χ0n) is 11.4. The third-order valence-corrected chi connectivity index (χ3v) is 4.06. The molecule has 3 N–H and O–H groups in total. The molecule has 0 heterocycles. The van der Waals surface area contributed by atoms with E-state index in [4.69, 9.17) is 10.8 Å². The Morgan fingerprint density at radius 3 is 2.59 bits per heavy atom. The van der Waals surface area contributed by atoms with Gasteiger partial charge >= 0.3 is 5.97 Å². The SMILES string of the molecule is Cc1cc(F)cc(Sc2ccc(C(=O)O)cc2[N+](=O)[O-])c1N. The normalized spacial score (nSPS) is 10.5. The third kappa shape index (κ3) is 3.17. The Hall–Kier alpha value is -2.61. The van der Waals surface area contributed by atoms with Gasteiger partial charge in [-0.05, 0) is 36.8 Å². The van der Waals surface area contributed by atoms with Crippen LogP contribution in [0.25, 0.3) is 0 Å².